The molecule has 8 heteroatoms. The second kappa shape index (κ2) is 6.10. The van der Waals surface area contributed by atoms with Crippen LogP contribution in [0.4, 0.5) is 0 Å². The van der Waals surface area contributed by atoms with Crippen LogP contribution < -0.4 is 0 Å². The average Bonchev–Trinajstić information content (AvgIpc) is 3.07. The minimum Gasteiger partial charge on any atom is -0.331 e. The van der Waals surface area contributed by atoms with Gasteiger partial charge in [0.05, 0.1) is 17.4 Å². The van der Waals surface area contributed by atoms with Crippen LogP contribution in [0, 0.1) is 0 Å². The van der Waals surface area contributed by atoms with Gasteiger partial charge in [0, 0.05) is 24.2 Å². The molecular weight excluding hydrogens is 358 g/mol. The summed E-state index contributed by atoms with van der Waals surface area (Å²) >= 11 is 1.76. The number of thiophene rings is 1. The summed E-state index contributed by atoms with van der Waals surface area (Å²) in [5.74, 6) is 0.350. The Hall–Kier alpha value is -1.93. The van der Waals surface area contributed by atoms with Gasteiger partial charge in [0.1, 0.15) is 5.84 Å². The van der Waals surface area contributed by atoms with Crippen molar-refractivity contribution in [3.05, 3.63) is 45.8 Å². The largest absolute Gasteiger partial charge is 0.331 e. The summed E-state index contributed by atoms with van der Waals surface area (Å²) in [5.41, 5.74) is 1.84. The summed E-state index contributed by atoms with van der Waals surface area (Å²) < 4.78 is 27.0. The molecule has 25 heavy (non-hydrogen) atoms. The lowest BCUT2D eigenvalue weighted by Crippen LogP contribution is -2.42. The molecule has 1 aromatic rings. The molecule has 132 valence electrons. The van der Waals surface area contributed by atoms with Gasteiger partial charge >= 0.3 is 0 Å². The van der Waals surface area contributed by atoms with Crippen LogP contribution in [0.1, 0.15) is 29.8 Å². The topological polar surface area (TPSA) is 70.1 Å². The van der Waals surface area contributed by atoms with Crippen molar-refractivity contribution in [2.24, 2.45) is 4.40 Å². The Morgan fingerprint density at radius 2 is 2.20 bits per heavy atom. The molecule has 4 heterocycles. The van der Waals surface area contributed by atoms with E-state index in [1.54, 1.807) is 34.6 Å². The number of amidine groups is 1. The predicted molar refractivity (Wildman–Crippen MR) is 97.9 cm³/mol. The van der Waals surface area contributed by atoms with Crippen LogP contribution in [0.3, 0.4) is 0 Å². The fraction of sp³-hybridized carbons (Fsp3) is 0.412. The highest BCUT2D eigenvalue weighted by Crippen LogP contribution is 2.36. The zero-order valence-corrected chi connectivity index (χ0v) is 15.5. The third-order valence-corrected chi connectivity index (χ3v) is 6.97. The van der Waals surface area contributed by atoms with Crippen LogP contribution >= 0.6 is 11.3 Å². The molecule has 1 amide bonds. The zero-order chi connectivity index (χ0) is 17.6. The number of nitrogens with zero attached hydrogens (tertiary/aromatic N) is 3. The monoisotopic (exact) mass is 377 g/mol. The van der Waals surface area contributed by atoms with Crippen LogP contribution in [0.5, 0.6) is 0 Å². The molecule has 3 aliphatic rings. The number of hydrogen-bond acceptors (Lipinski definition) is 5. The van der Waals surface area contributed by atoms with Crippen LogP contribution in [0.25, 0.3) is 0 Å². The third-order valence-electron chi connectivity index (χ3n) is 4.81. The maximum Gasteiger partial charge on any atom is 0.256 e. The summed E-state index contributed by atoms with van der Waals surface area (Å²) in [6.45, 7) is 3.14. The van der Waals surface area contributed by atoms with Crippen LogP contribution in [0.15, 0.2) is 39.8 Å². The van der Waals surface area contributed by atoms with E-state index in [0.29, 0.717) is 24.5 Å². The smallest absolute Gasteiger partial charge is 0.256 e. The molecule has 0 bridgehead atoms. The second-order valence-corrected chi connectivity index (χ2v) is 9.07. The minimum atomic E-state index is -3.38. The molecule has 0 N–H and O–H groups in total. The van der Waals surface area contributed by atoms with Crippen molar-refractivity contribution in [1.82, 2.24) is 9.80 Å². The lowest BCUT2D eigenvalue weighted by molar-refractivity contribution is -0.129. The van der Waals surface area contributed by atoms with Gasteiger partial charge in [0.2, 0.25) is 0 Å². The van der Waals surface area contributed by atoms with E-state index in [-0.39, 0.29) is 17.7 Å². The normalized spacial score (nSPS) is 24.3. The Labute approximate surface area is 151 Å². The first kappa shape index (κ1) is 16.5. The number of fused-ring (bicyclic) bond motifs is 2. The van der Waals surface area contributed by atoms with Gasteiger partial charge in [-0.3, -0.25) is 4.79 Å². The SMILES string of the molecule is CCC1c2ccsc2CCN1C(=O)C1=CN2CCS(=O)(=O)N=C2C=C1. The van der Waals surface area contributed by atoms with E-state index in [2.05, 4.69) is 22.8 Å². The molecule has 0 aromatic carbocycles. The van der Waals surface area contributed by atoms with Crippen molar-refractivity contribution < 1.29 is 13.2 Å². The summed E-state index contributed by atoms with van der Waals surface area (Å²) in [6, 6.07) is 2.23. The van der Waals surface area contributed by atoms with Crippen LogP contribution in [-0.4, -0.2) is 48.8 Å². The van der Waals surface area contributed by atoms with E-state index in [0.717, 1.165) is 12.8 Å². The quantitative estimate of drug-likeness (QED) is 0.791. The van der Waals surface area contributed by atoms with E-state index in [1.807, 2.05) is 4.90 Å². The summed E-state index contributed by atoms with van der Waals surface area (Å²) in [5, 5.41) is 2.10. The maximum atomic E-state index is 13.1. The fourth-order valence-electron chi connectivity index (χ4n) is 3.57. The molecule has 1 unspecified atom stereocenters. The Kier molecular flexibility index (Phi) is 4.04. The first-order valence-electron chi connectivity index (χ1n) is 8.35. The van der Waals surface area contributed by atoms with Gasteiger partial charge in [-0.1, -0.05) is 6.92 Å². The average molecular weight is 377 g/mol. The molecule has 3 aliphatic heterocycles. The van der Waals surface area contributed by atoms with E-state index >= 15 is 0 Å². The number of amides is 1. The van der Waals surface area contributed by atoms with Gasteiger partial charge in [-0.05, 0) is 42.0 Å². The van der Waals surface area contributed by atoms with Gasteiger partial charge in [0.15, 0.2) is 0 Å². The molecule has 0 saturated heterocycles. The first-order valence-corrected chi connectivity index (χ1v) is 10.8. The standard InChI is InChI=1S/C17H19N3O3S2/c1-2-14-13-6-9-24-15(13)5-7-20(14)17(21)12-3-4-16-18-25(22,23)10-8-19(16)11-12/h3-4,6,9,11,14H,2,5,7-8,10H2,1H3. The Morgan fingerprint density at radius 1 is 1.36 bits per heavy atom. The summed E-state index contributed by atoms with van der Waals surface area (Å²) in [7, 11) is -3.38. The molecule has 0 radical (unpaired) electrons. The highest BCUT2D eigenvalue weighted by Gasteiger charge is 2.33. The number of rotatable bonds is 2. The number of hydrogen-bond donors (Lipinski definition) is 0. The molecule has 0 saturated carbocycles. The predicted octanol–water partition coefficient (Wildman–Crippen LogP) is 2.08. The lowest BCUT2D eigenvalue weighted by atomic mass is 9.96. The van der Waals surface area contributed by atoms with Crippen molar-refractivity contribution in [2.75, 3.05) is 18.8 Å². The van der Waals surface area contributed by atoms with Crippen LogP contribution in [-0.2, 0) is 21.2 Å². The lowest BCUT2D eigenvalue weighted by Gasteiger charge is -2.36. The van der Waals surface area contributed by atoms with E-state index in [1.165, 1.54) is 10.4 Å². The highest BCUT2D eigenvalue weighted by molar-refractivity contribution is 7.90. The zero-order valence-electron chi connectivity index (χ0n) is 13.9. The number of carbonyl (C=O) groups excluding carboxylic acids is 1. The molecule has 0 fully saturated rings. The maximum absolute atomic E-state index is 13.1. The second-order valence-electron chi connectivity index (χ2n) is 6.32. The third kappa shape index (κ3) is 2.93. The van der Waals surface area contributed by atoms with Gasteiger partial charge in [-0.15, -0.1) is 15.7 Å². The van der Waals surface area contributed by atoms with Crippen molar-refractivity contribution in [2.45, 2.75) is 25.8 Å². The molecular formula is C17H19N3O3S2. The van der Waals surface area contributed by atoms with Gasteiger partial charge in [-0.2, -0.15) is 0 Å². The molecule has 0 spiro atoms. The Morgan fingerprint density at radius 3 is 3.00 bits per heavy atom. The van der Waals surface area contributed by atoms with Crippen molar-refractivity contribution in [3.8, 4) is 0 Å². The first-order chi connectivity index (χ1) is 12.0. The molecule has 4 rings (SSSR count). The molecule has 1 aromatic heterocycles. The molecule has 0 aliphatic carbocycles. The summed E-state index contributed by atoms with van der Waals surface area (Å²) in [6.07, 6.45) is 6.78. The van der Waals surface area contributed by atoms with Gasteiger partial charge in [0.25, 0.3) is 15.9 Å². The van der Waals surface area contributed by atoms with Crippen molar-refractivity contribution in [3.63, 3.8) is 0 Å². The Bertz CT molecular complexity index is 911. The number of carbonyl (C=O) groups is 1. The van der Waals surface area contributed by atoms with Crippen molar-refractivity contribution in [1.29, 1.82) is 0 Å². The fourth-order valence-corrected chi connectivity index (χ4v) is 5.47. The van der Waals surface area contributed by atoms with E-state index in [4.69, 9.17) is 0 Å². The minimum absolute atomic E-state index is 0.00701. The Balaban J connectivity index is 1.60. The molecule has 6 nitrogen and oxygen atoms in total. The van der Waals surface area contributed by atoms with E-state index in [9.17, 15) is 13.2 Å². The van der Waals surface area contributed by atoms with Gasteiger partial charge < -0.3 is 9.80 Å². The molecule has 1 atom stereocenters. The van der Waals surface area contributed by atoms with Gasteiger partial charge in [-0.25, -0.2) is 8.42 Å². The highest BCUT2D eigenvalue weighted by atomic mass is 32.2. The number of sulfonamides is 1. The van der Waals surface area contributed by atoms with Crippen molar-refractivity contribution >= 4 is 33.1 Å². The van der Waals surface area contributed by atoms with E-state index < -0.39 is 10.0 Å². The van der Waals surface area contributed by atoms with Crippen LogP contribution in [0.2, 0.25) is 0 Å². The summed E-state index contributed by atoms with van der Waals surface area (Å²) in [4.78, 5) is 18.1.